The lowest BCUT2D eigenvalue weighted by atomic mass is 10.1. The molecule has 1 N–H and O–H groups in total. The molecule has 0 radical (unpaired) electrons. The van der Waals surface area contributed by atoms with Crippen LogP contribution in [0.1, 0.15) is 25.3 Å². The molecule has 3 aromatic rings. The molecule has 1 aliphatic rings. The van der Waals surface area contributed by atoms with Gasteiger partial charge in [-0.05, 0) is 54.9 Å². The van der Waals surface area contributed by atoms with Crippen LogP contribution in [0, 0.1) is 0 Å². The largest absolute Gasteiger partial charge is 0.353 e. The van der Waals surface area contributed by atoms with Crippen LogP contribution in [0.4, 0.5) is 30.6 Å². The zero-order valence-corrected chi connectivity index (χ0v) is 19.4. The van der Waals surface area contributed by atoms with Gasteiger partial charge in [0.15, 0.2) is 5.16 Å². The van der Waals surface area contributed by atoms with E-state index in [9.17, 15) is 18.0 Å². The molecule has 2 aromatic heterocycles. The minimum atomic E-state index is -3.01. The minimum Gasteiger partial charge on any atom is -0.353 e. The molecule has 6 nitrogen and oxygen atoms in total. The van der Waals surface area contributed by atoms with Crippen molar-refractivity contribution in [1.29, 1.82) is 0 Å². The van der Waals surface area contributed by atoms with Crippen LogP contribution in [0.25, 0.3) is 0 Å². The number of hydrogen-bond donors (Lipinski definition) is 1. The zero-order chi connectivity index (χ0) is 24.1. The Hall–Kier alpha value is -3.14. The fourth-order valence-corrected chi connectivity index (χ4v) is 4.36. The number of alkyl halides is 3. The Labute approximate surface area is 200 Å². The normalized spacial score (nSPS) is 16.0. The fraction of sp³-hybridized carbons (Fsp3) is 0.333. The predicted molar refractivity (Wildman–Crippen MR) is 126 cm³/mol. The lowest BCUT2D eigenvalue weighted by Gasteiger charge is -2.18. The van der Waals surface area contributed by atoms with Crippen LogP contribution in [0.3, 0.4) is 0 Å². The molecule has 0 saturated carbocycles. The summed E-state index contributed by atoms with van der Waals surface area (Å²) in [6.45, 7) is 1.60. The van der Waals surface area contributed by atoms with Crippen molar-refractivity contribution >= 4 is 35.0 Å². The second kappa shape index (κ2) is 10.4. The fourth-order valence-electron chi connectivity index (χ4n) is 3.60. The first-order chi connectivity index (χ1) is 16.2. The van der Waals surface area contributed by atoms with Gasteiger partial charge in [-0.15, -0.1) is 0 Å². The van der Waals surface area contributed by atoms with Crippen molar-refractivity contribution in [1.82, 2.24) is 15.0 Å². The second-order valence-corrected chi connectivity index (χ2v) is 9.32. The van der Waals surface area contributed by atoms with Crippen molar-refractivity contribution in [2.75, 3.05) is 23.3 Å². The molecule has 34 heavy (non-hydrogen) atoms. The molecule has 0 amide bonds. The number of carbonyl (C=O) groups is 1. The Balaban J connectivity index is 1.51. The van der Waals surface area contributed by atoms with E-state index in [-0.39, 0.29) is 13.0 Å². The number of halogens is 3. The zero-order valence-electron chi connectivity index (χ0n) is 18.5. The summed E-state index contributed by atoms with van der Waals surface area (Å²) in [6, 6.07) is 14.3. The van der Waals surface area contributed by atoms with Gasteiger partial charge in [-0.25, -0.2) is 28.1 Å². The van der Waals surface area contributed by atoms with E-state index in [4.69, 9.17) is 0 Å². The molecule has 1 aromatic carbocycles. The van der Waals surface area contributed by atoms with E-state index in [0.29, 0.717) is 41.1 Å². The number of carbonyl (C=O) groups excluding carboxylic acids is 1. The molecular weight excluding hydrogens is 463 g/mol. The van der Waals surface area contributed by atoms with Gasteiger partial charge >= 0.3 is 0 Å². The smallest absolute Gasteiger partial charge is 0.252 e. The lowest BCUT2D eigenvalue weighted by Crippen LogP contribution is -2.21. The van der Waals surface area contributed by atoms with Crippen LogP contribution in [-0.2, 0) is 11.2 Å². The molecule has 178 valence electrons. The number of hydrogen-bond acceptors (Lipinski definition) is 7. The SMILES string of the molecule is CC(F)(F)CC(=O)Cc1ccc(Sc2nc(Nc3ccccn3)cc(N3CC[C@H](F)C3)n2)cc1. The number of aromatic nitrogens is 3. The van der Waals surface area contributed by atoms with E-state index < -0.39 is 24.3 Å². The number of rotatable bonds is 9. The molecule has 0 spiro atoms. The van der Waals surface area contributed by atoms with Crippen LogP contribution >= 0.6 is 11.8 Å². The summed E-state index contributed by atoms with van der Waals surface area (Å²) in [5, 5.41) is 3.63. The van der Waals surface area contributed by atoms with Gasteiger partial charge in [0.25, 0.3) is 5.92 Å². The van der Waals surface area contributed by atoms with Crippen molar-refractivity contribution in [3.05, 3.63) is 60.3 Å². The van der Waals surface area contributed by atoms with Crippen molar-refractivity contribution < 1.29 is 18.0 Å². The van der Waals surface area contributed by atoms with Crippen molar-refractivity contribution in [2.45, 2.75) is 48.3 Å². The Bertz CT molecular complexity index is 1130. The molecular formula is C24H24F3N5OS. The van der Waals surface area contributed by atoms with Gasteiger partial charge in [0.05, 0.1) is 13.0 Å². The van der Waals surface area contributed by atoms with E-state index in [1.54, 1.807) is 36.5 Å². The Morgan fingerprint density at radius 3 is 2.62 bits per heavy atom. The number of nitrogens with zero attached hydrogens (tertiary/aromatic N) is 4. The highest BCUT2D eigenvalue weighted by Gasteiger charge is 2.26. The Kier molecular flexibility index (Phi) is 7.35. The number of benzene rings is 1. The van der Waals surface area contributed by atoms with E-state index in [1.807, 2.05) is 23.1 Å². The third kappa shape index (κ3) is 6.93. The van der Waals surface area contributed by atoms with Gasteiger partial charge in [-0.2, -0.15) is 0 Å². The van der Waals surface area contributed by atoms with Gasteiger partial charge < -0.3 is 10.2 Å². The molecule has 0 bridgehead atoms. The van der Waals surface area contributed by atoms with E-state index >= 15 is 0 Å². The van der Waals surface area contributed by atoms with Crippen LogP contribution < -0.4 is 10.2 Å². The third-order valence-corrected chi connectivity index (χ3v) is 5.98. The standard InChI is InChI=1S/C24H24F3N5OS/c1-24(26,27)14-18(33)12-16-5-7-19(8-6-16)34-23-30-21(29-20-4-2-3-10-28-20)13-22(31-23)32-11-9-17(25)15-32/h2-8,10,13,17H,9,11-12,14-15H2,1H3,(H,28,29,30,31)/t17-/m0/s1. The van der Waals surface area contributed by atoms with Crippen molar-refractivity contribution in [3.8, 4) is 0 Å². The summed E-state index contributed by atoms with van der Waals surface area (Å²) < 4.78 is 39.9. The van der Waals surface area contributed by atoms with E-state index in [2.05, 4.69) is 20.3 Å². The Morgan fingerprint density at radius 1 is 1.18 bits per heavy atom. The van der Waals surface area contributed by atoms with Crippen molar-refractivity contribution in [2.24, 2.45) is 0 Å². The molecule has 3 heterocycles. The highest BCUT2D eigenvalue weighted by Crippen LogP contribution is 2.30. The molecule has 1 aliphatic heterocycles. The number of ketones is 1. The van der Waals surface area contributed by atoms with Gasteiger partial charge in [0.1, 0.15) is 29.4 Å². The molecule has 1 atom stereocenters. The van der Waals surface area contributed by atoms with Gasteiger partial charge in [-0.3, -0.25) is 4.79 Å². The summed E-state index contributed by atoms with van der Waals surface area (Å²) in [5.41, 5.74) is 0.664. The van der Waals surface area contributed by atoms with Crippen LogP contribution in [0.15, 0.2) is 64.8 Å². The summed E-state index contributed by atoms with van der Waals surface area (Å²) in [7, 11) is 0. The highest BCUT2D eigenvalue weighted by molar-refractivity contribution is 7.99. The quantitative estimate of drug-likeness (QED) is 0.401. The summed E-state index contributed by atoms with van der Waals surface area (Å²) in [4.78, 5) is 28.0. The first-order valence-corrected chi connectivity index (χ1v) is 11.7. The van der Waals surface area contributed by atoms with E-state index in [1.165, 1.54) is 11.8 Å². The second-order valence-electron chi connectivity index (χ2n) is 8.27. The maximum Gasteiger partial charge on any atom is 0.252 e. The minimum absolute atomic E-state index is 0.0438. The summed E-state index contributed by atoms with van der Waals surface area (Å²) in [6.07, 6.45) is 0.424. The molecule has 1 fully saturated rings. The van der Waals surface area contributed by atoms with Gasteiger partial charge in [0.2, 0.25) is 0 Å². The Morgan fingerprint density at radius 2 is 1.97 bits per heavy atom. The monoisotopic (exact) mass is 487 g/mol. The van der Waals surface area contributed by atoms with E-state index in [0.717, 1.165) is 11.8 Å². The maximum atomic E-state index is 13.8. The first kappa shape index (κ1) is 24.0. The van der Waals surface area contributed by atoms with Crippen molar-refractivity contribution in [3.63, 3.8) is 0 Å². The maximum absolute atomic E-state index is 13.8. The number of Topliss-reactive ketones (excluding diaryl/α,β-unsaturated/α-hetero) is 1. The first-order valence-electron chi connectivity index (χ1n) is 10.9. The van der Waals surface area contributed by atoms with Gasteiger partial charge in [-0.1, -0.05) is 18.2 Å². The molecule has 0 unspecified atom stereocenters. The average Bonchev–Trinajstić information content (AvgIpc) is 3.21. The lowest BCUT2D eigenvalue weighted by molar-refractivity contribution is -0.124. The molecule has 1 saturated heterocycles. The third-order valence-electron chi connectivity index (χ3n) is 5.11. The number of pyridine rings is 1. The molecule has 0 aliphatic carbocycles. The average molecular weight is 488 g/mol. The van der Waals surface area contributed by atoms with Crippen LogP contribution in [0.2, 0.25) is 0 Å². The summed E-state index contributed by atoms with van der Waals surface area (Å²) >= 11 is 1.32. The van der Waals surface area contributed by atoms with Crippen LogP contribution in [-0.4, -0.2) is 45.9 Å². The molecule has 4 rings (SSSR count). The molecule has 10 heteroatoms. The van der Waals surface area contributed by atoms with Gasteiger partial charge in [0, 0.05) is 30.1 Å². The van der Waals surface area contributed by atoms with Crippen LogP contribution in [0.5, 0.6) is 0 Å². The number of nitrogens with one attached hydrogen (secondary N) is 1. The topological polar surface area (TPSA) is 71.0 Å². The predicted octanol–water partition coefficient (Wildman–Crippen LogP) is 5.47. The highest BCUT2D eigenvalue weighted by atomic mass is 32.2. The summed E-state index contributed by atoms with van der Waals surface area (Å²) in [5.74, 6) is -1.73. The number of anilines is 3.